The van der Waals surface area contributed by atoms with Crippen LogP contribution in [0.25, 0.3) is 0 Å². The average Bonchev–Trinajstić information content (AvgIpc) is 2.18. The molecule has 3 heteroatoms. The van der Waals surface area contributed by atoms with E-state index >= 15 is 0 Å². The van der Waals surface area contributed by atoms with Crippen LogP contribution in [0, 0.1) is 11.8 Å². The minimum absolute atomic E-state index is 0.314. The Morgan fingerprint density at radius 2 is 2.07 bits per heavy atom. The second-order valence-electron chi connectivity index (χ2n) is 4.69. The Morgan fingerprint density at radius 1 is 1.47 bits per heavy atom. The van der Waals surface area contributed by atoms with Crippen molar-refractivity contribution in [1.29, 1.82) is 0 Å². The number of aliphatic hydroxyl groups is 1. The quantitative estimate of drug-likeness (QED) is 0.737. The van der Waals surface area contributed by atoms with E-state index in [0.29, 0.717) is 12.8 Å². The molecule has 1 aliphatic rings. The summed E-state index contributed by atoms with van der Waals surface area (Å²) >= 11 is 0. The molecule has 0 heterocycles. The number of hydrogen-bond acceptors (Lipinski definition) is 2. The molecule has 1 unspecified atom stereocenters. The lowest BCUT2D eigenvalue weighted by Crippen LogP contribution is -2.33. The van der Waals surface area contributed by atoms with Crippen molar-refractivity contribution in [3.8, 4) is 0 Å². The minimum atomic E-state index is -0.652. The Hall–Kier alpha value is -0.570. The summed E-state index contributed by atoms with van der Waals surface area (Å²) in [6, 6.07) is 0. The van der Waals surface area contributed by atoms with Crippen LogP contribution in [0.5, 0.6) is 0 Å². The summed E-state index contributed by atoms with van der Waals surface area (Å²) in [5, 5.41) is 18.4. The van der Waals surface area contributed by atoms with Crippen LogP contribution < -0.4 is 0 Å². The summed E-state index contributed by atoms with van der Waals surface area (Å²) in [5.41, 5.74) is -0.510. The van der Waals surface area contributed by atoms with E-state index in [0.717, 1.165) is 32.1 Å². The Labute approximate surface area is 91.5 Å². The molecule has 1 rings (SSSR count). The number of carbonyl (C=O) groups is 1. The smallest absolute Gasteiger partial charge is 0.309 e. The van der Waals surface area contributed by atoms with Crippen LogP contribution in [0.2, 0.25) is 0 Å². The lowest BCUT2D eigenvalue weighted by molar-refractivity contribution is -0.151. The third-order valence-corrected chi connectivity index (χ3v) is 3.38. The van der Waals surface area contributed by atoms with Crippen LogP contribution in [0.4, 0.5) is 0 Å². The molecule has 0 bridgehead atoms. The molecule has 0 aromatic rings. The number of aliphatic hydroxyl groups excluding tert-OH is 1. The molecular weight excluding hydrogens is 192 g/mol. The molecule has 0 aliphatic heterocycles. The van der Waals surface area contributed by atoms with E-state index in [1.54, 1.807) is 6.92 Å². The largest absolute Gasteiger partial charge is 0.481 e. The number of carboxylic acids is 1. The van der Waals surface area contributed by atoms with Gasteiger partial charge in [-0.2, -0.15) is 0 Å². The minimum Gasteiger partial charge on any atom is -0.481 e. The van der Waals surface area contributed by atoms with Crippen LogP contribution in [0.15, 0.2) is 0 Å². The summed E-state index contributed by atoms with van der Waals surface area (Å²) in [5.74, 6) is -0.652. The first-order valence-corrected chi connectivity index (χ1v) is 5.80. The van der Waals surface area contributed by atoms with Gasteiger partial charge >= 0.3 is 5.97 Å². The van der Waals surface area contributed by atoms with Crippen LogP contribution in [0.3, 0.4) is 0 Å². The van der Waals surface area contributed by atoms with Gasteiger partial charge in [0.2, 0.25) is 0 Å². The predicted molar refractivity (Wildman–Crippen MR) is 58.4 cm³/mol. The van der Waals surface area contributed by atoms with Crippen molar-refractivity contribution in [2.24, 2.45) is 5.41 Å². The predicted octanol–water partition coefficient (Wildman–Crippen LogP) is 2.39. The molecule has 0 aromatic heterocycles. The van der Waals surface area contributed by atoms with Gasteiger partial charge in [0.05, 0.1) is 11.5 Å². The maximum absolute atomic E-state index is 11.3. The summed E-state index contributed by atoms with van der Waals surface area (Å²) in [6.45, 7) is 1.75. The van der Waals surface area contributed by atoms with Crippen LogP contribution in [0.1, 0.15) is 51.9 Å². The van der Waals surface area contributed by atoms with Crippen molar-refractivity contribution in [2.75, 3.05) is 0 Å². The van der Waals surface area contributed by atoms with Gasteiger partial charge in [-0.05, 0) is 58.3 Å². The van der Waals surface area contributed by atoms with Crippen molar-refractivity contribution < 1.29 is 15.0 Å². The number of aliphatic carboxylic acids is 1. The zero-order valence-electron chi connectivity index (χ0n) is 9.41. The second kappa shape index (κ2) is 5.50. The van der Waals surface area contributed by atoms with E-state index < -0.39 is 11.4 Å². The van der Waals surface area contributed by atoms with Crippen LogP contribution >= 0.6 is 0 Å². The molecule has 0 amide bonds. The van der Waals surface area contributed by atoms with E-state index in [4.69, 9.17) is 5.11 Å². The fourth-order valence-electron chi connectivity index (χ4n) is 2.33. The van der Waals surface area contributed by atoms with Crippen molar-refractivity contribution in [1.82, 2.24) is 0 Å². The topological polar surface area (TPSA) is 57.5 Å². The molecular formula is C12H21O3. The highest BCUT2D eigenvalue weighted by Gasteiger charge is 2.38. The molecule has 3 nitrogen and oxygen atoms in total. The van der Waals surface area contributed by atoms with Gasteiger partial charge < -0.3 is 10.2 Å². The third-order valence-electron chi connectivity index (χ3n) is 3.38. The molecule has 2 N–H and O–H groups in total. The highest BCUT2D eigenvalue weighted by Crippen LogP contribution is 2.40. The third kappa shape index (κ3) is 3.49. The summed E-state index contributed by atoms with van der Waals surface area (Å²) in [7, 11) is 0. The first-order chi connectivity index (χ1) is 7.07. The fourth-order valence-corrected chi connectivity index (χ4v) is 2.33. The molecule has 1 saturated carbocycles. The Balaban J connectivity index is 2.46. The summed E-state index contributed by atoms with van der Waals surface area (Å²) in [6.07, 6.45) is 7.46. The molecule has 0 aromatic carbocycles. The van der Waals surface area contributed by atoms with Crippen LogP contribution in [-0.2, 0) is 4.79 Å². The molecule has 1 atom stereocenters. The zero-order chi connectivity index (χ0) is 11.3. The lowest BCUT2D eigenvalue weighted by atomic mass is 9.71. The first kappa shape index (κ1) is 12.5. The molecule has 1 fully saturated rings. The highest BCUT2D eigenvalue weighted by atomic mass is 16.4. The molecule has 87 valence electrons. The van der Waals surface area contributed by atoms with Gasteiger partial charge in [-0.3, -0.25) is 4.79 Å². The van der Waals surface area contributed by atoms with Gasteiger partial charge in [0.25, 0.3) is 0 Å². The van der Waals surface area contributed by atoms with Gasteiger partial charge in [-0.1, -0.05) is 0 Å². The Bertz CT molecular complexity index is 205. The van der Waals surface area contributed by atoms with Gasteiger partial charge in [0, 0.05) is 0 Å². The maximum Gasteiger partial charge on any atom is 0.309 e. The highest BCUT2D eigenvalue weighted by molar-refractivity contribution is 5.74. The average molecular weight is 213 g/mol. The molecule has 0 spiro atoms. The van der Waals surface area contributed by atoms with E-state index in [9.17, 15) is 9.90 Å². The van der Waals surface area contributed by atoms with E-state index in [1.807, 2.05) is 0 Å². The van der Waals surface area contributed by atoms with E-state index in [-0.39, 0.29) is 6.10 Å². The maximum atomic E-state index is 11.3. The monoisotopic (exact) mass is 213 g/mol. The summed E-state index contributed by atoms with van der Waals surface area (Å²) < 4.78 is 0. The van der Waals surface area contributed by atoms with E-state index in [1.165, 1.54) is 0 Å². The standard InChI is InChI=1S/C12H21O3/c1-10(13)6-5-9-12(11(14)15)7-3-2-4-8-12/h2,10,13H,3-9H2,1H3,(H,14,15). The Morgan fingerprint density at radius 3 is 2.53 bits per heavy atom. The van der Waals surface area contributed by atoms with Crippen molar-refractivity contribution in [3.63, 3.8) is 0 Å². The number of rotatable bonds is 5. The van der Waals surface area contributed by atoms with Crippen LogP contribution in [-0.4, -0.2) is 22.3 Å². The number of carboxylic acid groups (broad SMARTS) is 1. The lowest BCUT2D eigenvalue weighted by Gasteiger charge is -2.33. The van der Waals surface area contributed by atoms with Gasteiger partial charge in [0.15, 0.2) is 0 Å². The van der Waals surface area contributed by atoms with E-state index in [2.05, 4.69) is 6.42 Å². The second-order valence-corrected chi connectivity index (χ2v) is 4.69. The van der Waals surface area contributed by atoms with Gasteiger partial charge in [-0.15, -0.1) is 0 Å². The van der Waals surface area contributed by atoms with Gasteiger partial charge in [0.1, 0.15) is 0 Å². The molecule has 1 aliphatic carbocycles. The Kier molecular flexibility index (Phi) is 4.58. The number of hydrogen-bond donors (Lipinski definition) is 2. The molecule has 15 heavy (non-hydrogen) atoms. The van der Waals surface area contributed by atoms with Crippen molar-refractivity contribution in [2.45, 2.75) is 58.0 Å². The zero-order valence-corrected chi connectivity index (χ0v) is 9.41. The SMILES string of the molecule is CC(O)CCCC1(C(=O)O)CC[CH]CC1. The molecule has 0 saturated heterocycles. The van der Waals surface area contributed by atoms with Gasteiger partial charge in [-0.25, -0.2) is 0 Å². The molecule has 1 radical (unpaired) electrons. The normalized spacial score (nSPS) is 22.3. The summed E-state index contributed by atoms with van der Waals surface area (Å²) in [4.78, 5) is 11.3. The fraction of sp³-hybridized carbons (Fsp3) is 0.833. The van der Waals surface area contributed by atoms with Crippen molar-refractivity contribution >= 4 is 5.97 Å². The van der Waals surface area contributed by atoms with Crippen molar-refractivity contribution in [3.05, 3.63) is 6.42 Å². The first-order valence-electron chi connectivity index (χ1n) is 5.80.